The molecule has 0 aliphatic rings. The zero-order chi connectivity index (χ0) is 12.4. The highest BCUT2D eigenvalue weighted by molar-refractivity contribution is 7.11. The van der Waals surface area contributed by atoms with Crippen molar-refractivity contribution in [3.05, 3.63) is 40.1 Å². The zero-order valence-electron chi connectivity index (χ0n) is 10.4. The SMILES string of the molecule is Cc1ncc(Cn2ccc(C(O)C(C)C)c2)s1. The largest absolute Gasteiger partial charge is 0.388 e. The molecule has 0 amide bonds. The van der Waals surface area contributed by atoms with Crippen LogP contribution < -0.4 is 0 Å². The van der Waals surface area contributed by atoms with Gasteiger partial charge in [0.05, 0.1) is 17.7 Å². The summed E-state index contributed by atoms with van der Waals surface area (Å²) in [4.78, 5) is 5.48. The van der Waals surface area contributed by atoms with Crippen molar-refractivity contribution in [1.82, 2.24) is 9.55 Å². The second-order valence-electron chi connectivity index (χ2n) is 4.65. The molecule has 0 aromatic carbocycles. The summed E-state index contributed by atoms with van der Waals surface area (Å²) in [6, 6.07) is 1.98. The van der Waals surface area contributed by atoms with Gasteiger partial charge in [-0.25, -0.2) is 4.98 Å². The highest BCUT2D eigenvalue weighted by atomic mass is 32.1. The molecule has 2 heterocycles. The van der Waals surface area contributed by atoms with E-state index in [1.165, 1.54) is 4.88 Å². The summed E-state index contributed by atoms with van der Waals surface area (Å²) in [5.41, 5.74) is 0.987. The summed E-state index contributed by atoms with van der Waals surface area (Å²) in [6.07, 6.45) is 5.56. The van der Waals surface area contributed by atoms with Crippen LogP contribution in [0, 0.1) is 12.8 Å². The lowest BCUT2D eigenvalue weighted by Crippen LogP contribution is -2.04. The van der Waals surface area contributed by atoms with E-state index in [0.717, 1.165) is 17.1 Å². The maximum atomic E-state index is 9.96. The smallest absolute Gasteiger partial charge is 0.0897 e. The molecule has 0 saturated carbocycles. The molecular formula is C13H18N2OS. The van der Waals surface area contributed by atoms with Gasteiger partial charge in [-0.1, -0.05) is 13.8 Å². The van der Waals surface area contributed by atoms with E-state index in [2.05, 4.69) is 9.55 Å². The Morgan fingerprint density at radius 3 is 2.82 bits per heavy atom. The molecule has 1 atom stereocenters. The summed E-state index contributed by atoms with van der Waals surface area (Å²) in [5.74, 6) is 0.247. The van der Waals surface area contributed by atoms with Crippen LogP contribution in [-0.2, 0) is 6.54 Å². The van der Waals surface area contributed by atoms with Crippen molar-refractivity contribution >= 4 is 11.3 Å². The van der Waals surface area contributed by atoms with Gasteiger partial charge in [0, 0.05) is 23.5 Å². The molecule has 2 rings (SSSR count). The van der Waals surface area contributed by atoms with Gasteiger partial charge in [0.1, 0.15) is 0 Å². The van der Waals surface area contributed by atoms with Crippen LogP contribution in [0.2, 0.25) is 0 Å². The molecule has 0 fully saturated rings. The van der Waals surface area contributed by atoms with Gasteiger partial charge in [0.2, 0.25) is 0 Å². The molecule has 3 nitrogen and oxygen atoms in total. The van der Waals surface area contributed by atoms with Gasteiger partial charge in [0.25, 0.3) is 0 Å². The molecule has 0 bridgehead atoms. The number of aliphatic hydroxyl groups is 1. The number of nitrogens with zero attached hydrogens (tertiary/aromatic N) is 2. The maximum absolute atomic E-state index is 9.96. The van der Waals surface area contributed by atoms with E-state index in [-0.39, 0.29) is 12.0 Å². The summed E-state index contributed by atoms with van der Waals surface area (Å²) in [7, 11) is 0. The fourth-order valence-corrected chi connectivity index (χ4v) is 2.58. The molecular weight excluding hydrogens is 232 g/mol. The van der Waals surface area contributed by atoms with E-state index in [4.69, 9.17) is 0 Å². The van der Waals surface area contributed by atoms with E-state index < -0.39 is 0 Å². The molecule has 2 aromatic rings. The van der Waals surface area contributed by atoms with Gasteiger partial charge < -0.3 is 9.67 Å². The molecule has 0 radical (unpaired) electrons. The first-order valence-electron chi connectivity index (χ1n) is 5.81. The van der Waals surface area contributed by atoms with Gasteiger partial charge in [-0.05, 0) is 24.5 Å². The van der Waals surface area contributed by atoms with Gasteiger partial charge >= 0.3 is 0 Å². The molecule has 4 heteroatoms. The first kappa shape index (κ1) is 12.3. The molecule has 17 heavy (non-hydrogen) atoms. The Hall–Kier alpha value is -1.13. The summed E-state index contributed by atoms with van der Waals surface area (Å²) < 4.78 is 2.09. The van der Waals surface area contributed by atoms with E-state index in [1.54, 1.807) is 11.3 Å². The Kier molecular flexibility index (Phi) is 3.64. The minimum atomic E-state index is -0.376. The first-order valence-corrected chi connectivity index (χ1v) is 6.63. The summed E-state index contributed by atoms with van der Waals surface area (Å²) in [5, 5.41) is 11.1. The van der Waals surface area contributed by atoms with Gasteiger partial charge in [0.15, 0.2) is 0 Å². The second-order valence-corrected chi connectivity index (χ2v) is 5.97. The standard InChI is InChI=1S/C13H18N2OS/c1-9(2)13(16)11-4-5-15(7-11)8-12-6-14-10(3)17-12/h4-7,9,13,16H,8H2,1-3H3. The molecule has 0 spiro atoms. The quantitative estimate of drug-likeness (QED) is 0.906. The predicted octanol–water partition coefficient (Wildman–Crippen LogP) is 2.99. The maximum Gasteiger partial charge on any atom is 0.0897 e. The minimum Gasteiger partial charge on any atom is -0.388 e. The van der Waals surface area contributed by atoms with Crippen molar-refractivity contribution in [1.29, 1.82) is 0 Å². The zero-order valence-corrected chi connectivity index (χ0v) is 11.2. The summed E-state index contributed by atoms with van der Waals surface area (Å²) >= 11 is 1.71. The molecule has 0 aliphatic heterocycles. The average Bonchev–Trinajstić information content (AvgIpc) is 2.87. The number of thiazole rings is 1. The normalized spacial score (nSPS) is 13.2. The second kappa shape index (κ2) is 5.02. The Balaban J connectivity index is 2.08. The third-order valence-corrected chi connectivity index (χ3v) is 3.65. The minimum absolute atomic E-state index is 0.247. The molecule has 92 valence electrons. The highest BCUT2D eigenvalue weighted by Gasteiger charge is 2.13. The fraction of sp³-hybridized carbons (Fsp3) is 0.462. The van der Waals surface area contributed by atoms with Crippen LogP contribution in [-0.4, -0.2) is 14.7 Å². The van der Waals surface area contributed by atoms with Gasteiger partial charge in [-0.2, -0.15) is 0 Å². The monoisotopic (exact) mass is 250 g/mol. The number of aromatic nitrogens is 2. The lowest BCUT2D eigenvalue weighted by molar-refractivity contribution is 0.127. The van der Waals surface area contributed by atoms with Crippen LogP contribution in [0.3, 0.4) is 0 Å². The predicted molar refractivity (Wildman–Crippen MR) is 70.2 cm³/mol. The molecule has 2 aromatic heterocycles. The number of aliphatic hydroxyl groups excluding tert-OH is 1. The lowest BCUT2D eigenvalue weighted by Gasteiger charge is -2.12. The third kappa shape index (κ3) is 2.96. The van der Waals surface area contributed by atoms with Crippen LogP contribution in [0.1, 0.15) is 35.4 Å². The van der Waals surface area contributed by atoms with Crippen LogP contribution in [0.15, 0.2) is 24.7 Å². The van der Waals surface area contributed by atoms with Crippen LogP contribution in [0.5, 0.6) is 0 Å². The fourth-order valence-electron chi connectivity index (χ4n) is 1.78. The van der Waals surface area contributed by atoms with Crippen LogP contribution in [0.4, 0.5) is 0 Å². The van der Waals surface area contributed by atoms with E-state index in [0.29, 0.717) is 0 Å². The van der Waals surface area contributed by atoms with Crippen molar-refractivity contribution < 1.29 is 5.11 Å². The van der Waals surface area contributed by atoms with E-state index in [9.17, 15) is 5.11 Å². The van der Waals surface area contributed by atoms with E-state index in [1.807, 2.05) is 45.4 Å². The van der Waals surface area contributed by atoms with E-state index >= 15 is 0 Å². The Bertz CT molecular complexity index is 487. The Labute approximate surface area is 106 Å². The number of rotatable bonds is 4. The third-order valence-electron chi connectivity index (χ3n) is 2.75. The molecule has 0 saturated heterocycles. The van der Waals surface area contributed by atoms with Crippen molar-refractivity contribution in [2.45, 2.75) is 33.4 Å². The van der Waals surface area contributed by atoms with Crippen molar-refractivity contribution in [2.24, 2.45) is 5.92 Å². The first-order chi connectivity index (χ1) is 8.06. The van der Waals surface area contributed by atoms with Crippen molar-refractivity contribution in [3.8, 4) is 0 Å². The molecule has 0 aliphatic carbocycles. The van der Waals surface area contributed by atoms with Crippen molar-refractivity contribution in [2.75, 3.05) is 0 Å². The number of hydrogen-bond acceptors (Lipinski definition) is 3. The van der Waals surface area contributed by atoms with Gasteiger partial charge in [-0.15, -0.1) is 11.3 Å². The number of aryl methyl sites for hydroxylation is 1. The topological polar surface area (TPSA) is 38.0 Å². The molecule has 1 N–H and O–H groups in total. The van der Waals surface area contributed by atoms with Crippen LogP contribution in [0.25, 0.3) is 0 Å². The average molecular weight is 250 g/mol. The van der Waals surface area contributed by atoms with Crippen molar-refractivity contribution in [3.63, 3.8) is 0 Å². The molecule has 1 unspecified atom stereocenters. The Morgan fingerprint density at radius 2 is 2.24 bits per heavy atom. The highest BCUT2D eigenvalue weighted by Crippen LogP contribution is 2.22. The van der Waals surface area contributed by atoms with Gasteiger partial charge in [-0.3, -0.25) is 0 Å². The summed E-state index contributed by atoms with van der Waals surface area (Å²) in [6.45, 7) is 6.89. The van der Waals surface area contributed by atoms with Crippen LogP contribution >= 0.6 is 11.3 Å². The Morgan fingerprint density at radius 1 is 1.47 bits per heavy atom. The lowest BCUT2D eigenvalue weighted by atomic mass is 10.0. The number of hydrogen-bond donors (Lipinski definition) is 1.